The lowest BCUT2D eigenvalue weighted by Crippen LogP contribution is -2.15. The van der Waals surface area contributed by atoms with E-state index in [1.807, 2.05) is 19.1 Å². The molecule has 8 nitrogen and oxygen atoms in total. The zero-order valence-corrected chi connectivity index (χ0v) is 15.0. The van der Waals surface area contributed by atoms with E-state index < -0.39 is 0 Å². The van der Waals surface area contributed by atoms with Crippen molar-refractivity contribution in [3.63, 3.8) is 0 Å². The van der Waals surface area contributed by atoms with Crippen molar-refractivity contribution in [1.82, 2.24) is 19.6 Å². The first kappa shape index (κ1) is 16.4. The van der Waals surface area contributed by atoms with Crippen LogP contribution in [0.3, 0.4) is 0 Å². The summed E-state index contributed by atoms with van der Waals surface area (Å²) in [5.74, 6) is 1.50. The molecule has 1 aromatic carbocycles. The minimum Gasteiger partial charge on any atom is -0.486 e. The van der Waals surface area contributed by atoms with Crippen molar-refractivity contribution in [1.29, 1.82) is 0 Å². The Morgan fingerprint density at radius 3 is 2.54 bits per heavy atom. The smallest absolute Gasteiger partial charge is 0.270 e. The van der Waals surface area contributed by atoms with Crippen LogP contribution in [0.1, 0.15) is 20.9 Å². The zero-order valence-electron chi connectivity index (χ0n) is 14.1. The average Bonchev–Trinajstić information content (AvgIpc) is 3.08. The molecule has 1 aliphatic heterocycles. The van der Waals surface area contributed by atoms with Crippen molar-refractivity contribution in [2.24, 2.45) is 0 Å². The lowest BCUT2D eigenvalue weighted by atomic mass is 10.0. The van der Waals surface area contributed by atoms with Crippen LogP contribution in [0.25, 0.3) is 11.3 Å². The molecular weight excluding hydrogens is 354 g/mol. The minimum atomic E-state index is -0.296. The van der Waals surface area contributed by atoms with Crippen molar-refractivity contribution < 1.29 is 14.3 Å². The quantitative estimate of drug-likeness (QED) is 0.757. The number of fused-ring (bicyclic) bond motifs is 1. The fourth-order valence-corrected chi connectivity index (χ4v) is 3.16. The van der Waals surface area contributed by atoms with Crippen LogP contribution < -0.4 is 14.8 Å². The van der Waals surface area contributed by atoms with Gasteiger partial charge in [-0.15, -0.1) is 5.10 Å². The third-order valence-electron chi connectivity index (χ3n) is 3.92. The molecule has 3 heterocycles. The predicted octanol–water partition coefficient (Wildman–Crippen LogP) is 2.64. The van der Waals surface area contributed by atoms with E-state index in [0.717, 1.165) is 28.4 Å². The van der Waals surface area contributed by atoms with E-state index in [9.17, 15) is 4.79 Å². The highest BCUT2D eigenvalue weighted by Crippen LogP contribution is 2.36. The number of ether oxygens (including phenoxy) is 2. The summed E-state index contributed by atoms with van der Waals surface area (Å²) in [5.41, 5.74) is 3.19. The average molecular weight is 369 g/mol. The molecule has 132 valence electrons. The molecule has 0 saturated heterocycles. The third kappa shape index (κ3) is 3.08. The fraction of sp³-hybridized carbons (Fsp3) is 0.235. The Kier molecular flexibility index (Phi) is 4.21. The van der Waals surface area contributed by atoms with Crippen LogP contribution in [0.5, 0.6) is 11.5 Å². The Morgan fingerprint density at radius 2 is 1.88 bits per heavy atom. The van der Waals surface area contributed by atoms with Gasteiger partial charge in [0.25, 0.3) is 5.91 Å². The molecule has 0 unspecified atom stereocenters. The first-order valence-corrected chi connectivity index (χ1v) is 8.72. The summed E-state index contributed by atoms with van der Waals surface area (Å²) in [6.45, 7) is 4.79. The van der Waals surface area contributed by atoms with Gasteiger partial charge in [0, 0.05) is 5.56 Å². The van der Waals surface area contributed by atoms with Crippen molar-refractivity contribution >= 4 is 23.3 Å². The van der Waals surface area contributed by atoms with E-state index in [1.54, 1.807) is 13.1 Å². The summed E-state index contributed by atoms with van der Waals surface area (Å²) in [4.78, 5) is 21.3. The van der Waals surface area contributed by atoms with Crippen LogP contribution in [-0.4, -0.2) is 38.7 Å². The second-order valence-electron chi connectivity index (χ2n) is 5.74. The molecule has 0 radical (unpaired) electrons. The predicted molar refractivity (Wildman–Crippen MR) is 95.8 cm³/mol. The Bertz CT molecular complexity index is 971. The number of aryl methyl sites for hydroxylation is 2. The summed E-state index contributed by atoms with van der Waals surface area (Å²) in [6.07, 6.45) is 3.14. The van der Waals surface area contributed by atoms with E-state index in [4.69, 9.17) is 9.47 Å². The van der Waals surface area contributed by atoms with Gasteiger partial charge in [-0.05, 0) is 43.1 Å². The molecule has 0 atom stereocenters. The molecule has 1 N–H and O–H groups in total. The van der Waals surface area contributed by atoms with Gasteiger partial charge >= 0.3 is 0 Å². The summed E-state index contributed by atoms with van der Waals surface area (Å²) in [7, 11) is 0. The molecule has 1 aliphatic rings. The maximum absolute atomic E-state index is 12.2. The van der Waals surface area contributed by atoms with Gasteiger partial charge in [0.15, 0.2) is 17.3 Å². The van der Waals surface area contributed by atoms with E-state index in [0.29, 0.717) is 41.0 Å². The van der Waals surface area contributed by atoms with Crippen molar-refractivity contribution in [2.75, 3.05) is 18.5 Å². The molecule has 4 rings (SSSR count). The van der Waals surface area contributed by atoms with Gasteiger partial charge in [-0.3, -0.25) is 9.78 Å². The van der Waals surface area contributed by atoms with E-state index in [-0.39, 0.29) is 5.91 Å². The van der Waals surface area contributed by atoms with Gasteiger partial charge in [-0.25, -0.2) is 4.98 Å². The Morgan fingerprint density at radius 1 is 1.12 bits per heavy atom. The number of amides is 1. The number of rotatable bonds is 3. The second kappa shape index (κ2) is 6.68. The summed E-state index contributed by atoms with van der Waals surface area (Å²) in [6, 6.07) is 3.83. The number of hydrogen-bond acceptors (Lipinski definition) is 8. The van der Waals surface area contributed by atoms with Gasteiger partial charge in [0.2, 0.25) is 0 Å². The van der Waals surface area contributed by atoms with Gasteiger partial charge in [-0.1, -0.05) is 4.49 Å². The number of benzene rings is 1. The maximum Gasteiger partial charge on any atom is 0.270 e. The number of nitrogens with zero attached hydrogens (tertiary/aromatic N) is 4. The molecular formula is C17H15N5O3S. The minimum absolute atomic E-state index is 0.296. The highest BCUT2D eigenvalue weighted by molar-refractivity contribution is 7.08. The number of hydrogen-bond donors (Lipinski definition) is 1. The lowest BCUT2D eigenvalue weighted by Gasteiger charge is -2.20. The van der Waals surface area contributed by atoms with Gasteiger partial charge in [0.1, 0.15) is 18.1 Å². The number of anilines is 1. The van der Waals surface area contributed by atoms with Gasteiger partial charge < -0.3 is 14.8 Å². The summed E-state index contributed by atoms with van der Waals surface area (Å²) < 4.78 is 15.0. The topological polar surface area (TPSA) is 99.1 Å². The lowest BCUT2D eigenvalue weighted by molar-refractivity contribution is 0.102. The Balaban J connectivity index is 1.56. The molecule has 26 heavy (non-hydrogen) atoms. The highest BCUT2D eigenvalue weighted by Gasteiger charge is 2.17. The monoisotopic (exact) mass is 369 g/mol. The van der Waals surface area contributed by atoms with Crippen LogP contribution >= 0.6 is 11.5 Å². The van der Waals surface area contributed by atoms with Gasteiger partial charge in [0.05, 0.1) is 23.8 Å². The van der Waals surface area contributed by atoms with Crippen molar-refractivity contribution in [3.05, 3.63) is 40.7 Å². The number of carbonyl (C=O) groups is 1. The molecule has 0 aliphatic carbocycles. The van der Waals surface area contributed by atoms with Crippen LogP contribution in [-0.2, 0) is 0 Å². The number of nitrogens with one attached hydrogen (secondary N) is 1. The SMILES string of the molecule is Cc1cc2c(cc1-c1cnc(NC(=O)c3snnc3C)cn1)OCCO2. The number of aromatic nitrogens is 4. The molecule has 0 saturated carbocycles. The first-order valence-electron chi connectivity index (χ1n) is 7.95. The molecule has 0 spiro atoms. The standard InChI is InChI=1S/C17H15N5O3S/c1-9-5-13-14(25-4-3-24-13)6-11(9)12-7-19-15(8-18-12)20-17(23)16-10(2)21-22-26-16/h5-8H,3-4H2,1-2H3,(H,19,20,23). The molecule has 0 fully saturated rings. The third-order valence-corrected chi connectivity index (χ3v) is 4.74. The van der Waals surface area contributed by atoms with Crippen molar-refractivity contribution in [3.8, 4) is 22.8 Å². The normalized spacial score (nSPS) is 12.7. The highest BCUT2D eigenvalue weighted by atomic mass is 32.1. The Labute approximate surface area is 153 Å². The summed E-state index contributed by atoms with van der Waals surface area (Å²) >= 11 is 1.04. The fourth-order valence-electron chi connectivity index (χ4n) is 2.61. The molecule has 3 aromatic rings. The molecule has 1 amide bonds. The molecule has 0 bridgehead atoms. The van der Waals surface area contributed by atoms with Gasteiger partial charge in [-0.2, -0.15) is 0 Å². The first-order chi connectivity index (χ1) is 12.6. The van der Waals surface area contributed by atoms with Crippen LogP contribution in [0.4, 0.5) is 5.82 Å². The summed E-state index contributed by atoms with van der Waals surface area (Å²) in [5, 5.41) is 6.53. The van der Waals surface area contributed by atoms with E-state index in [2.05, 4.69) is 24.9 Å². The molecule has 2 aromatic heterocycles. The van der Waals surface area contributed by atoms with E-state index >= 15 is 0 Å². The number of carbonyl (C=O) groups excluding carboxylic acids is 1. The largest absolute Gasteiger partial charge is 0.486 e. The van der Waals surface area contributed by atoms with E-state index in [1.165, 1.54) is 6.20 Å². The Hall–Kier alpha value is -3.07. The zero-order chi connectivity index (χ0) is 18.1. The van der Waals surface area contributed by atoms with Crippen molar-refractivity contribution in [2.45, 2.75) is 13.8 Å². The van der Waals surface area contributed by atoms with Crippen LogP contribution in [0.2, 0.25) is 0 Å². The van der Waals surface area contributed by atoms with Crippen LogP contribution in [0, 0.1) is 13.8 Å². The van der Waals surface area contributed by atoms with Crippen LogP contribution in [0.15, 0.2) is 24.5 Å². The molecule has 9 heteroatoms. The maximum atomic E-state index is 12.2. The second-order valence-corrected chi connectivity index (χ2v) is 6.49.